The zero-order valence-electron chi connectivity index (χ0n) is 6.55. The smallest absolute Gasteiger partial charge is 0.0233 e. The van der Waals surface area contributed by atoms with Gasteiger partial charge < -0.3 is 0 Å². The SMILES string of the molecule is C(=CC1CCC1)C1CCC1. The summed E-state index contributed by atoms with van der Waals surface area (Å²) in [6, 6.07) is 0. The highest BCUT2D eigenvalue weighted by molar-refractivity contribution is 4.98. The summed E-state index contributed by atoms with van der Waals surface area (Å²) in [7, 11) is 0. The van der Waals surface area contributed by atoms with Crippen LogP contribution in [-0.4, -0.2) is 0 Å². The van der Waals surface area contributed by atoms with Crippen molar-refractivity contribution in [2.75, 3.05) is 0 Å². The van der Waals surface area contributed by atoms with Gasteiger partial charge in [0, 0.05) is 0 Å². The van der Waals surface area contributed by atoms with Gasteiger partial charge in [-0.15, -0.1) is 0 Å². The number of allylic oxidation sites excluding steroid dienone is 2. The molecule has 0 aromatic heterocycles. The average Bonchev–Trinajstić information content (AvgIpc) is 1.70. The summed E-state index contributed by atoms with van der Waals surface area (Å²) in [5, 5.41) is 0. The standard InChI is InChI=1S/C10H16/c1-3-9(4-1)7-8-10-5-2-6-10/h7-10H,1-6H2. The molecule has 2 fully saturated rings. The van der Waals surface area contributed by atoms with Crippen LogP contribution in [-0.2, 0) is 0 Å². The topological polar surface area (TPSA) is 0 Å². The minimum atomic E-state index is 0.973. The van der Waals surface area contributed by atoms with Gasteiger partial charge in [-0.25, -0.2) is 0 Å². The summed E-state index contributed by atoms with van der Waals surface area (Å²) in [6.45, 7) is 0. The molecule has 2 aliphatic rings. The van der Waals surface area contributed by atoms with Crippen molar-refractivity contribution in [1.82, 2.24) is 0 Å². The van der Waals surface area contributed by atoms with E-state index in [1.807, 2.05) is 0 Å². The molecule has 0 radical (unpaired) electrons. The van der Waals surface area contributed by atoms with Gasteiger partial charge in [-0.3, -0.25) is 0 Å². The molecule has 0 unspecified atom stereocenters. The molecule has 2 aliphatic carbocycles. The van der Waals surface area contributed by atoms with Crippen molar-refractivity contribution in [3.05, 3.63) is 12.2 Å². The summed E-state index contributed by atoms with van der Waals surface area (Å²) in [6.07, 6.45) is 13.7. The second-order valence-electron chi connectivity index (χ2n) is 3.77. The fourth-order valence-corrected chi connectivity index (χ4v) is 1.58. The van der Waals surface area contributed by atoms with E-state index in [-0.39, 0.29) is 0 Å². The van der Waals surface area contributed by atoms with Crippen molar-refractivity contribution in [1.29, 1.82) is 0 Å². The van der Waals surface area contributed by atoms with E-state index in [1.165, 1.54) is 38.5 Å². The van der Waals surface area contributed by atoms with E-state index < -0.39 is 0 Å². The highest BCUT2D eigenvalue weighted by Gasteiger charge is 2.17. The summed E-state index contributed by atoms with van der Waals surface area (Å²) >= 11 is 0. The van der Waals surface area contributed by atoms with Gasteiger partial charge >= 0.3 is 0 Å². The van der Waals surface area contributed by atoms with Gasteiger partial charge in [0.05, 0.1) is 0 Å². The molecule has 0 saturated heterocycles. The van der Waals surface area contributed by atoms with Gasteiger partial charge in [-0.2, -0.15) is 0 Å². The number of hydrogen-bond acceptors (Lipinski definition) is 0. The number of rotatable bonds is 2. The molecule has 0 nitrogen and oxygen atoms in total. The Morgan fingerprint density at radius 2 is 1.10 bits per heavy atom. The van der Waals surface area contributed by atoms with Crippen LogP contribution in [0.4, 0.5) is 0 Å². The third-order valence-corrected chi connectivity index (χ3v) is 2.96. The van der Waals surface area contributed by atoms with E-state index in [2.05, 4.69) is 12.2 Å². The Labute approximate surface area is 63.3 Å². The van der Waals surface area contributed by atoms with E-state index in [9.17, 15) is 0 Å². The van der Waals surface area contributed by atoms with Gasteiger partial charge in [-0.1, -0.05) is 25.0 Å². The molecule has 0 aliphatic heterocycles. The van der Waals surface area contributed by atoms with Crippen LogP contribution >= 0.6 is 0 Å². The minimum Gasteiger partial charge on any atom is -0.0851 e. The zero-order chi connectivity index (χ0) is 6.81. The van der Waals surface area contributed by atoms with Crippen LogP contribution in [0.5, 0.6) is 0 Å². The summed E-state index contributed by atoms with van der Waals surface area (Å²) in [5.41, 5.74) is 0. The Kier molecular flexibility index (Phi) is 1.79. The highest BCUT2D eigenvalue weighted by atomic mass is 14.2. The van der Waals surface area contributed by atoms with Crippen molar-refractivity contribution in [2.24, 2.45) is 11.8 Å². The predicted octanol–water partition coefficient (Wildman–Crippen LogP) is 3.14. The van der Waals surface area contributed by atoms with Crippen LogP contribution in [0, 0.1) is 11.8 Å². The Hall–Kier alpha value is -0.260. The first-order valence-corrected chi connectivity index (χ1v) is 4.63. The second kappa shape index (κ2) is 2.77. The average molecular weight is 136 g/mol. The first kappa shape index (κ1) is 6.45. The first-order valence-electron chi connectivity index (χ1n) is 4.63. The van der Waals surface area contributed by atoms with Gasteiger partial charge in [0.1, 0.15) is 0 Å². The summed E-state index contributed by atoms with van der Waals surface area (Å²) in [5.74, 6) is 1.95. The van der Waals surface area contributed by atoms with Crippen LogP contribution in [0.15, 0.2) is 12.2 Å². The van der Waals surface area contributed by atoms with Gasteiger partial charge in [0.2, 0.25) is 0 Å². The monoisotopic (exact) mass is 136 g/mol. The molecule has 0 aromatic rings. The molecule has 0 bridgehead atoms. The van der Waals surface area contributed by atoms with Crippen LogP contribution in [0.2, 0.25) is 0 Å². The first-order chi connectivity index (χ1) is 4.95. The molecule has 0 heteroatoms. The molecular weight excluding hydrogens is 120 g/mol. The van der Waals surface area contributed by atoms with Crippen molar-refractivity contribution >= 4 is 0 Å². The highest BCUT2D eigenvalue weighted by Crippen LogP contribution is 2.31. The van der Waals surface area contributed by atoms with Crippen molar-refractivity contribution in [2.45, 2.75) is 38.5 Å². The fourth-order valence-electron chi connectivity index (χ4n) is 1.58. The normalized spacial score (nSPS) is 28.4. The molecule has 10 heavy (non-hydrogen) atoms. The lowest BCUT2D eigenvalue weighted by atomic mass is 9.81. The van der Waals surface area contributed by atoms with Gasteiger partial charge in [0.15, 0.2) is 0 Å². The zero-order valence-corrected chi connectivity index (χ0v) is 6.55. The number of hydrogen-bond donors (Lipinski definition) is 0. The molecule has 0 heterocycles. The lowest BCUT2D eigenvalue weighted by molar-refractivity contribution is 0.365. The molecule has 0 aromatic carbocycles. The molecular formula is C10H16. The molecule has 56 valence electrons. The maximum atomic E-state index is 2.47. The van der Waals surface area contributed by atoms with E-state index in [1.54, 1.807) is 0 Å². The maximum absolute atomic E-state index is 2.47. The van der Waals surface area contributed by atoms with Crippen LogP contribution in [0.25, 0.3) is 0 Å². The molecule has 0 N–H and O–H groups in total. The molecule has 2 saturated carbocycles. The Bertz CT molecular complexity index is 111. The maximum Gasteiger partial charge on any atom is -0.0233 e. The largest absolute Gasteiger partial charge is 0.0851 e. The molecule has 0 amide bonds. The van der Waals surface area contributed by atoms with Gasteiger partial charge in [0.25, 0.3) is 0 Å². The lowest BCUT2D eigenvalue weighted by Crippen LogP contribution is -2.11. The Balaban J connectivity index is 1.70. The Morgan fingerprint density at radius 3 is 1.30 bits per heavy atom. The third kappa shape index (κ3) is 1.25. The summed E-state index contributed by atoms with van der Waals surface area (Å²) < 4.78 is 0. The van der Waals surface area contributed by atoms with Crippen LogP contribution in [0.3, 0.4) is 0 Å². The van der Waals surface area contributed by atoms with Crippen molar-refractivity contribution in [3.8, 4) is 0 Å². The Morgan fingerprint density at radius 1 is 0.700 bits per heavy atom. The van der Waals surface area contributed by atoms with E-state index in [0.717, 1.165) is 11.8 Å². The van der Waals surface area contributed by atoms with Crippen LogP contribution in [0.1, 0.15) is 38.5 Å². The molecule has 0 spiro atoms. The van der Waals surface area contributed by atoms with Crippen LogP contribution < -0.4 is 0 Å². The third-order valence-electron chi connectivity index (χ3n) is 2.96. The fraction of sp³-hybridized carbons (Fsp3) is 0.800. The minimum absolute atomic E-state index is 0.973. The predicted molar refractivity (Wildman–Crippen MR) is 43.8 cm³/mol. The van der Waals surface area contributed by atoms with E-state index in [4.69, 9.17) is 0 Å². The quantitative estimate of drug-likeness (QED) is 0.511. The summed E-state index contributed by atoms with van der Waals surface area (Å²) in [4.78, 5) is 0. The van der Waals surface area contributed by atoms with Gasteiger partial charge in [-0.05, 0) is 37.5 Å². The lowest BCUT2D eigenvalue weighted by Gasteiger charge is -2.25. The van der Waals surface area contributed by atoms with E-state index in [0.29, 0.717) is 0 Å². The van der Waals surface area contributed by atoms with Crippen molar-refractivity contribution in [3.63, 3.8) is 0 Å². The molecule has 2 rings (SSSR count). The van der Waals surface area contributed by atoms with E-state index >= 15 is 0 Å². The second-order valence-corrected chi connectivity index (χ2v) is 3.77. The molecule has 0 atom stereocenters. The van der Waals surface area contributed by atoms with Crippen molar-refractivity contribution < 1.29 is 0 Å².